The largest absolute Gasteiger partial charge is 0.387 e. The van der Waals surface area contributed by atoms with E-state index in [4.69, 9.17) is 22.0 Å². The summed E-state index contributed by atoms with van der Waals surface area (Å²) in [7, 11) is 1.72. The predicted octanol–water partition coefficient (Wildman–Crippen LogP) is -0.622. The van der Waals surface area contributed by atoms with Crippen LogP contribution in [0.15, 0.2) is 6.20 Å². The Hall–Kier alpha value is -2.46. The Morgan fingerprint density at radius 1 is 1.55 bits per heavy atom. The van der Waals surface area contributed by atoms with Crippen LogP contribution < -0.4 is 16.8 Å². The van der Waals surface area contributed by atoms with Gasteiger partial charge in [-0.2, -0.15) is 0 Å². The summed E-state index contributed by atoms with van der Waals surface area (Å²) in [6.07, 6.45) is 1.66. The number of hydrogen-bond donors (Lipinski definition) is 5. The lowest BCUT2D eigenvalue weighted by molar-refractivity contribution is -0.123. The molecule has 7 heteroatoms. The first-order chi connectivity index (χ1) is 9.47. The molecule has 0 aromatic carbocycles. The number of amides is 1. The number of aliphatic hydroxyl groups is 1. The minimum Gasteiger partial charge on any atom is -0.387 e. The fourth-order valence-electron chi connectivity index (χ4n) is 1.36. The Balaban J connectivity index is 0.00000172. The molecule has 0 fully saturated rings. The molecule has 1 aromatic heterocycles. The fraction of sp³-hybridized carbons (Fsp3) is 0.385. The molecule has 20 heavy (non-hydrogen) atoms. The van der Waals surface area contributed by atoms with Crippen molar-refractivity contribution >= 4 is 17.6 Å². The van der Waals surface area contributed by atoms with Gasteiger partial charge in [-0.15, -0.1) is 0 Å². The Bertz CT molecular complexity index is 537. The second-order valence-corrected chi connectivity index (χ2v) is 3.56. The molecule has 0 spiro atoms. The van der Waals surface area contributed by atoms with Crippen LogP contribution in [-0.4, -0.2) is 34.6 Å². The van der Waals surface area contributed by atoms with Crippen LogP contribution in [0, 0.1) is 17.3 Å². The highest BCUT2D eigenvalue weighted by Crippen LogP contribution is 2.17. The van der Waals surface area contributed by atoms with E-state index >= 15 is 0 Å². The maximum Gasteiger partial charge on any atom is 0.246 e. The number of carbonyl (C=O) groups excluding carboxylic acids is 1. The molecule has 7 nitrogen and oxygen atoms in total. The van der Waals surface area contributed by atoms with E-state index in [1.54, 1.807) is 17.8 Å². The van der Waals surface area contributed by atoms with E-state index in [0.717, 1.165) is 0 Å². The normalized spacial score (nSPS) is 8.80. The number of amidine groups is 1. The number of anilines is 1. The molecule has 7 N–H and O–H groups in total. The summed E-state index contributed by atoms with van der Waals surface area (Å²) in [4.78, 5) is 10.7. The van der Waals surface area contributed by atoms with Gasteiger partial charge < -0.3 is 26.5 Å². The van der Waals surface area contributed by atoms with Crippen LogP contribution in [0.25, 0.3) is 0 Å². The van der Waals surface area contributed by atoms with Crippen molar-refractivity contribution < 1.29 is 9.90 Å². The van der Waals surface area contributed by atoms with Gasteiger partial charge in [-0.1, -0.05) is 25.7 Å². The summed E-state index contributed by atoms with van der Waals surface area (Å²) in [5, 5.41) is 18.3. The molecule has 0 saturated carbocycles. The van der Waals surface area contributed by atoms with Crippen LogP contribution >= 0.6 is 0 Å². The van der Waals surface area contributed by atoms with Crippen molar-refractivity contribution in [3.63, 3.8) is 0 Å². The van der Waals surface area contributed by atoms with Crippen LogP contribution in [0.4, 0.5) is 5.82 Å². The first-order valence-electron chi connectivity index (χ1n) is 6.13. The topological polar surface area (TPSA) is 130 Å². The van der Waals surface area contributed by atoms with E-state index in [-0.39, 0.29) is 12.4 Å². The molecule has 0 radical (unpaired) electrons. The molecule has 110 valence electrons. The van der Waals surface area contributed by atoms with Gasteiger partial charge in [0.1, 0.15) is 18.3 Å². The summed E-state index contributed by atoms with van der Waals surface area (Å²) >= 11 is 0. The minimum atomic E-state index is -0.571. The minimum absolute atomic E-state index is 0.103. The standard InChI is InChI=1S/C11H15N5O2.C2H6/c1-16-5-7(9(10(12)13)11(16)14)3-2-4-15-8(18)6-17;1-2/h5,17H,4,6,14H2,1H3,(H3,12,13)(H,15,18);1-2H3. The lowest BCUT2D eigenvalue weighted by Gasteiger charge is -1.99. The summed E-state index contributed by atoms with van der Waals surface area (Å²) in [5.41, 5.74) is 12.1. The van der Waals surface area contributed by atoms with Gasteiger partial charge in [-0.25, -0.2) is 0 Å². The summed E-state index contributed by atoms with van der Waals surface area (Å²) in [6, 6.07) is 0. The number of hydrogen-bond acceptors (Lipinski definition) is 4. The van der Waals surface area contributed by atoms with E-state index in [9.17, 15) is 4.79 Å². The Morgan fingerprint density at radius 3 is 2.65 bits per heavy atom. The van der Waals surface area contributed by atoms with Crippen LogP contribution in [0.1, 0.15) is 25.0 Å². The molecule has 0 bridgehead atoms. The summed E-state index contributed by atoms with van der Waals surface area (Å²) in [5.74, 6) is 5.17. The second kappa shape index (κ2) is 8.61. The number of nitrogens with two attached hydrogens (primary N) is 2. The van der Waals surface area contributed by atoms with E-state index in [2.05, 4.69) is 17.2 Å². The van der Waals surface area contributed by atoms with Crippen molar-refractivity contribution in [2.24, 2.45) is 12.8 Å². The number of rotatable bonds is 3. The van der Waals surface area contributed by atoms with Crippen molar-refractivity contribution in [1.29, 1.82) is 5.41 Å². The molecule has 1 rings (SSSR count). The van der Waals surface area contributed by atoms with Gasteiger partial charge in [0.25, 0.3) is 0 Å². The predicted molar refractivity (Wildman–Crippen MR) is 79.2 cm³/mol. The van der Waals surface area contributed by atoms with E-state index < -0.39 is 12.5 Å². The monoisotopic (exact) mass is 279 g/mol. The quantitative estimate of drug-likeness (QED) is 0.287. The average molecular weight is 279 g/mol. The van der Waals surface area contributed by atoms with Crippen molar-refractivity contribution in [2.45, 2.75) is 13.8 Å². The van der Waals surface area contributed by atoms with Gasteiger partial charge in [0.05, 0.1) is 17.7 Å². The average Bonchev–Trinajstić information content (AvgIpc) is 2.72. The SMILES string of the molecule is CC.Cn1cc(C#CCNC(=O)CO)c(C(=N)N)c1N. The van der Waals surface area contributed by atoms with Crippen molar-refractivity contribution in [3.8, 4) is 11.8 Å². The smallest absolute Gasteiger partial charge is 0.246 e. The third-order valence-electron chi connectivity index (χ3n) is 2.24. The van der Waals surface area contributed by atoms with E-state index in [1.807, 2.05) is 13.8 Å². The number of aliphatic hydroxyl groups excluding tert-OH is 1. The molecule has 0 aliphatic rings. The maximum atomic E-state index is 10.7. The molecule has 1 aromatic rings. The third-order valence-corrected chi connectivity index (χ3v) is 2.24. The number of aromatic nitrogens is 1. The van der Waals surface area contributed by atoms with Gasteiger partial charge in [0.15, 0.2) is 0 Å². The Kier molecular flexibility index (Phi) is 7.55. The molecular weight excluding hydrogens is 258 g/mol. The zero-order valence-corrected chi connectivity index (χ0v) is 11.9. The highest BCUT2D eigenvalue weighted by Gasteiger charge is 2.12. The van der Waals surface area contributed by atoms with Gasteiger partial charge in [-0.05, 0) is 0 Å². The number of nitrogen functional groups attached to an aromatic ring is 2. The molecule has 0 saturated heterocycles. The number of nitrogens with zero attached hydrogens (tertiary/aromatic N) is 1. The van der Waals surface area contributed by atoms with Gasteiger partial charge in [0, 0.05) is 13.2 Å². The van der Waals surface area contributed by atoms with Gasteiger partial charge in [0.2, 0.25) is 5.91 Å². The van der Waals surface area contributed by atoms with Crippen molar-refractivity contribution in [3.05, 3.63) is 17.3 Å². The van der Waals surface area contributed by atoms with Gasteiger partial charge in [-0.3, -0.25) is 10.2 Å². The fourth-order valence-corrected chi connectivity index (χ4v) is 1.36. The number of nitrogens with one attached hydrogen (secondary N) is 2. The lowest BCUT2D eigenvalue weighted by Crippen LogP contribution is -2.26. The van der Waals surface area contributed by atoms with Crippen LogP contribution in [0.2, 0.25) is 0 Å². The van der Waals surface area contributed by atoms with Gasteiger partial charge >= 0.3 is 0 Å². The second-order valence-electron chi connectivity index (χ2n) is 3.56. The van der Waals surface area contributed by atoms with Crippen molar-refractivity contribution in [1.82, 2.24) is 9.88 Å². The lowest BCUT2D eigenvalue weighted by atomic mass is 10.2. The molecular formula is C13H21N5O2. The number of aryl methyl sites for hydroxylation is 1. The third kappa shape index (κ3) is 4.66. The maximum absolute atomic E-state index is 10.7. The Morgan fingerprint density at radius 2 is 2.15 bits per heavy atom. The zero-order valence-electron chi connectivity index (χ0n) is 11.9. The highest BCUT2D eigenvalue weighted by molar-refractivity contribution is 6.02. The molecule has 0 unspecified atom stereocenters. The van der Waals surface area contributed by atoms with Crippen LogP contribution in [0.3, 0.4) is 0 Å². The van der Waals surface area contributed by atoms with E-state index in [1.165, 1.54) is 0 Å². The first-order valence-corrected chi connectivity index (χ1v) is 6.13. The molecule has 0 aliphatic heterocycles. The van der Waals surface area contributed by atoms with E-state index in [0.29, 0.717) is 16.9 Å². The molecule has 0 aliphatic carbocycles. The van der Waals surface area contributed by atoms with Crippen LogP contribution in [-0.2, 0) is 11.8 Å². The summed E-state index contributed by atoms with van der Waals surface area (Å²) in [6.45, 7) is 3.53. The molecule has 0 atom stereocenters. The zero-order chi connectivity index (χ0) is 15.7. The van der Waals surface area contributed by atoms with Crippen molar-refractivity contribution in [2.75, 3.05) is 18.9 Å². The Labute approximate surface area is 118 Å². The highest BCUT2D eigenvalue weighted by atomic mass is 16.3. The molecule has 1 amide bonds. The summed E-state index contributed by atoms with van der Waals surface area (Å²) < 4.78 is 1.62. The van der Waals surface area contributed by atoms with Crippen LogP contribution in [0.5, 0.6) is 0 Å². The number of carbonyl (C=O) groups is 1. The molecule has 1 heterocycles. The first kappa shape index (κ1) is 17.5.